The molecule has 2 rings (SSSR count). The molecule has 0 bridgehead atoms. The first-order valence-electron chi connectivity index (χ1n) is 4.46. The maximum atomic E-state index is 10.9. The van der Waals surface area contributed by atoms with Gasteiger partial charge in [0.1, 0.15) is 0 Å². The summed E-state index contributed by atoms with van der Waals surface area (Å²) < 4.78 is 1.75. The summed E-state index contributed by atoms with van der Waals surface area (Å²) in [6.45, 7) is 0. The SMILES string of the molecule is CSc1nnc(C(=O)O)n1C1CCC1. The van der Waals surface area contributed by atoms with Gasteiger partial charge in [-0.1, -0.05) is 11.8 Å². The van der Waals surface area contributed by atoms with Crippen LogP contribution in [0.2, 0.25) is 0 Å². The fourth-order valence-electron chi connectivity index (χ4n) is 1.54. The minimum atomic E-state index is -0.996. The molecule has 1 aliphatic rings. The third kappa shape index (κ3) is 1.39. The van der Waals surface area contributed by atoms with Gasteiger partial charge >= 0.3 is 5.97 Å². The Morgan fingerprint density at radius 1 is 1.57 bits per heavy atom. The summed E-state index contributed by atoms with van der Waals surface area (Å²) in [4.78, 5) is 10.9. The van der Waals surface area contributed by atoms with E-state index in [-0.39, 0.29) is 5.82 Å². The number of aromatic carboxylic acids is 1. The summed E-state index contributed by atoms with van der Waals surface area (Å²) >= 11 is 1.44. The summed E-state index contributed by atoms with van der Waals surface area (Å²) in [5.41, 5.74) is 0. The molecule has 1 fully saturated rings. The summed E-state index contributed by atoms with van der Waals surface area (Å²) in [5.74, 6) is -0.927. The highest BCUT2D eigenvalue weighted by Crippen LogP contribution is 2.35. The van der Waals surface area contributed by atoms with Crippen LogP contribution in [-0.2, 0) is 0 Å². The van der Waals surface area contributed by atoms with Gasteiger partial charge in [-0.15, -0.1) is 10.2 Å². The third-order valence-corrected chi connectivity index (χ3v) is 3.12. The van der Waals surface area contributed by atoms with Crippen molar-refractivity contribution in [1.29, 1.82) is 0 Å². The molecular formula is C8H11N3O2S. The first-order chi connectivity index (χ1) is 6.74. The molecule has 1 aromatic rings. The van der Waals surface area contributed by atoms with E-state index in [0.717, 1.165) is 19.3 Å². The van der Waals surface area contributed by atoms with Crippen molar-refractivity contribution in [1.82, 2.24) is 14.8 Å². The number of thioether (sulfide) groups is 1. The molecule has 0 saturated heterocycles. The van der Waals surface area contributed by atoms with Gasteiger partial charge in [0.25, 0.3) is 0 Å². The number of carboxylic acid groups (broad SMARTS) is 1. The molecule has 0 unspecified atom stereocenters. The topological polar surface area (TPSA) is 68.0 Å². The molecular weight excluding hydrogens is 202 g/mol. The van der Waals surface area contributed by atoms with Gasteiger partial charge in [-0.3, -0.25) is 4.57 Å². The van der Waals surface area contributed by atoms with E-state index < -0.39 is 5.97 Å². The monoisotopic (exact) mass is 213 g/mol. The summed E-state index contributed by atoms with van der Waals surface area (Å²) in [6.07, 6.45) is 5.11. The first kappa shape index (κ1) is 9.51. The lowest BCUT2D eigenvalue weighted by molar-refractivity contribution is 0.0669. The Morgan fingerprint density at radius 2 is 2.29 bits per heavy atom. The number of carboxylic acids is 1. The molecule has 0 spiro atoms. The van der Waals surface area contributed by atoms with Crippen molar-refractivity contribution in [2.24, 2.45) is 0 Å². The Labute approximate surface area is 85.5 Å². The van der Waals surface area contributed by atoms with Gasteiger partial charge in [0.2, 0.25) is 5.82 Å². The minimum Gasteiger partial charge on any atom is -0.475 e. The van der Waals surface area contributed by atoms with Crippen LogP contribution in [0.1, 0.15) is 35.9 Å². The van der Waals surface area contributed by atoms with E-state index in [4.69, 9.17) is 5.11 Å². The van der Waals surface area contributed by atoms with Crippen LogP contribution in [0.25, 0.3) is 0 Å². The molecule has 6 heteroatoms. The average molecular weight is 213 g/mol. The summed E-state index contributed by atoms with van der Waals surface area (Å²) in [7, 11) is 0. The highest BCUT2D eigenvalue weighted by molar-refractivity contribution is 7.98. The first-order valence-corrected chi connectivity index (χ1v) is 5.68. The quantitative estimate of drug-likeness (QED) is 0.769. The van der Waals surface area contributed by atoms with Crippen molar-refractivity contribution in [2.75, 3.05) is 6.26 Å². The smallest absolute Gasteiger partial charge is 0.374 e. The lowest BCUT2D eigenvalue weighted by Gasteiger charge is -2.28. The van der Waals surface area contributed by atoms with Crippen molar-refractivity contribution >= 4 is 17.7 Å². The van der Waals surface area contributed by atoms with Crippen molar-refractivity contribution in [3.05, 3.63) is 5.82 Å². The molecule has 1 saturated carbocycles. The summed E-state index contributed by atoms with van der Waals surface area (Å²) in [6, 6.07) is 0.290. The van der Waals surface area contributed by atoms with E-state index in [9.17, 15) is 4.79 Å². The number of hydrogen-bond donors (Lipinski definition) is 1. The zero-order valence-electron chi connectivity index (χ0n) is 7.80. The normalized spacial score (nSPS) is 16.6. The van der Waals surface area contributed by atoms with Gasteiger partial charge < -0.3 is 5.11 Å². The fourth-order valence-corrected chi connectivity index (χ4v) is 2.09. The van der Waals surface area contributed by atoms with Gasteiger partial charge in [-0.2, -0.15) is 0 Å². The van der Waals surface area contributed by atoms with Gasteiger partial charge in [0, 0.05) is 6.04 Å². The lowest BCUT2D eigenvalue weighted by Crippen LogP contribution is -2.22. The number of rotatable bonds is 3. The van der Waals surface area contributed by atoms with Crippen LogP contribution in [0, 0.1) is 0 Å². The van der Waals surface area contributed by atoms with Crippen LogP contribution < -0.4 is 0 Å². The second-order valence-corrected chi connectivity index (χ2v) is 4.04. The maximum absolute atomic E-state index is 10.9. The number of hydrogen-bond acceptors (Lipinski definition) is 4. The van der Waals surface area contributed by atoms with Gasteiger partial charge in [-0.05, 0) is 25.5 Å². The van der Waals surface area contributed by atoms with E-state index in [1.807, 2.05) is 6.26 Å². The highest BCUT2D eigenvalue weighted by Gasteiger charge is 2.28. The molecule has 14 heavy (non-hydrogen) atoms. The molecule has 1 N–H and O–H groups in total. The maximum Gasteiger partial charge on any atom is 0.374 e. The van der Waals surface area contributed by atoms with Crippen LogP contribution in [0.3, 0.4) is 0 Å². The van der Waals surface area contributed by atoms with Crippen LogP contribution in [0.5, 0.6) is 0 Å². The third-order valence-electron chi connectivity index (χ3n) is 2.48. The Balaban J connectivity index is 2.40. The highest BCUT2D eigenvalue weighted by atomic mass is 32.2. The average Bonchev–Trinajstić information content (AvgIpc) is 2.45. The Kier molecular flexibility index (Phi) is 2.45. The van der Waals surface area contributed by atoms with E-state index in [1.165, 1.54) is 11.8 Å². The molecule has 1 aromatic heterocycles. The number of nitrogens with zero attached hydrogens (tertiary/aromatic N) is 3. The molecule has 0 radical (unpaired) electrons. The second kappa shape index (κ2) is 3.61. The molecule has 1 aliphatic carbocycles. The van der Waals surface area contributed by atoms with E-state index in [1.54, 1.807) is 4.57 Å². The van der Waals surface area contributed by atoms with E-state index >= 15 is 0 Å². The largest absolute Gasteiger partial charge is 0.475 e. The minimum absolute atomic E-state index is 0.0686. The van der Waals surface area contributed by atoms with Gasteiger partial charge in [0.05, 0.1) is 0 Å². The summed E-state index contributed by atoms with van der Waals surface area (Å²) in [5, 5.41) is 17.1. The van der Waals surface area contributed by atoms with Gasteiger partial charge in [0.15, 0.2) is 5.16 Å². The van der Waals surface area contributed by atoms with Crippen molar-refractivity contribution in [2.45, 2.75) is 30.5 Å². The Hall–Kier alpha value is -1.04. The number of carbonyl (C=O) groups is 1. The van der Waals surface area contributed by atoms with Crippen LogP contribution in [0.4, 0.5) is 0 Å². The lowest BCUT2D eigenvalue weighted by atomic mass is 9.93. The second-order valence-electron chi connectivity index (χ2n) is 3.27. The molecule has 0 amide bonds. The van der Waals surface area contributed by atoms with Crippen molar-refractivity contribution < 1.29 is 9.90 Å². The molecule has 0 atom stereocenters. The molecule has 1 heterocycles. The van der Waals surface area contributed by atoms with E-state index in [0.29, 0.717) is 11.2 Å². The Bertz CT molecular complexity index is 359. The van der Waals surface area contributed by atoms with Crippen LogP contribution in [-0.4, -0.2) is 32.1 Å². The van der Waals surface area contributed by atoms with E-state index in [2.05, 4.69) is 10.2 Å². The molecule has 76 valence electrons. The predicted molar refractivity (Wildman–Crippen MR) is 51.7 cm³/mol. The van der Waals surface area contributed by atoms with Crippen molar-refractivity contribution in [3.8, 4) is 0 Å². The fraction of sp³-hybridized carbons (Fsp3) is 0.625. The zero-order chi connectivity index (χ0) is 10.1. The number of aromatic nitrogens is 3. The van der Waals surface area contributed by atoms with Crippen LogP contribution >= 0.6 is 11.8 Å². The zero-order valence-corrected chi connectivity index (χ0v) is 8.62. The van der Waals surface area contributed by atoms with Crippen molar-refractivity contribution in [3.63, 3.8) is 0 Å². The molecule has 5 nitrogen and oxygen atoms in total. The van der Waals surface area contributed by atoms with Gasteiger partial charge in [-0.25, -0.2) is 4.79 Å². The molecule has 0 aromatic carbocycles. The standard InChI is InChI=1S/C8H11N3O2S/c1-14-8-10-9-6(7(12)13)11(8)5-3-2-4-5/h5H,2-4H2,1H3,(H,12,13). The molecule has 0 aliphatic heterocycles. The Morgan fingerprint density at radius 3 is 2.71 bits per heavy atom. The predicted octanol–water partition coefficient (Wildman–Crippen LogP) is 1.42. The van der Waals surface area contributed by atoms with Crippen LogP contribution in [0.15, 0.2) is 5.16 Å².